The Balaban J connectivity index is 1.73. The fraction of sp³-hybridized carbons (Fsp3) is 0.889. The zero-order valence-electron chi connectivity index (χ0n) is 19.4. The third-order valence-corrected chi connectivity index (χ3v) is 9.91. The summed E-state index contributed by atoms with van der Waals surface area (Å²) in [7, 11) is 0. The van der Waals surface area contributed by atoms with Gasteiger partial charge in [-0.25, -0.2) is 0 Å². The summed E-state index contributed by atoms with van der Waals surface area (Å²) in [4.78, 5) is 12.0. The summed E-state index contributed by atoms with van der Waals surface area (Å²) >= 11 is 0. The second kappa shape index (κ2) is 8.65. The first-order valence-corrected chi connectivity index (χ1v) is 12.3. The topological polar surface area (TPSA) is 17.1 Å². The van der Waals surface area contributed by atoms with Crippen molar-refractivity contribution >= 4 is 6.29 Å². The minimum atomic E-state index is 0.211. The molecule has 0 radical (unpaired) electrons. The summed E-state index contributed by atoms with van der Waals surface area (Å²) in [6, 6.07) is 0. The number of carbonyl (C=O) groups is 1. The molecule has 160 valence electrons. The molecule has 28 heavy (non-hydrogen) atoms. The van der Waals surface area contributed by atoms with Crippen molar-refractivity contribution in [1.82, 2.24) is 0 Å². The normalized spacial score (nSPS) is 43.6. The molecule has 0 saturated heterocycles. The minimum Gasteiger partial charge on any atom is -0.303 e. The summed E-state index contributed by atoms with van der Waals surface area (Å²) in [5, 5.41) is 0. The molecule has 1 nitrogen and oxygen atoms in total. The highest BCUT2D eigenvalue weighted by Gasteiger charge is 2.61. The van der Waals surface area contributed by atoms with Crippen LogP contribution in [0, 0.1) is 52.3 Å². The van der Waals surface area contributed by atoms with E-state index < -0.39 is 0 Å². The quantitative estimate of drug-likeness (QED) is 0.293. The summed E-state index contributed by atoms with van der Waals surface area (Å²) in [5.41, 5.74) is 0.735. The van der Waals surface area contributed by atoms with E-state index in [0.29, 0.717) is 5.41 Å². The number of hydrogen-bond acceptors (Lipinski definition) is 1. The Labute approximate surface area is 175 Å². The van der Waals surface area contributed by atoms with Crippen LogP contribution in [-0.2, 0) is 4.79 Å². The van der Waals surface area contributed by atoms with Crippen LogP contribution < -0.4 is 0 Å². The van der Waals surface area contributed by atoms with Gasteiger partial charge in [0.2, 0.25) is 0 Å². The molecule has 1 heteroatoms. The van der Waals surface area contributed by atoms with Crippen molar-refractivity contribution in [2.45, 2.75) is 98.8 Å². The average molecular weight is 387 g/mol. The number of allylic oxidation sites excluding steroid dienone is 1. The molecule has 0 unspecified atom stereocenters. The molecule has 0 amide bonds. The van der Waals surface area contributed by atoms with Crippen molar-refractivity contribution in [1.29, 1.82) is 0 Å². The van der Waals surface area contributed by atoms with Gasteiger partial charge in [-0.2, -0.15) is 0 Å². The Morgan fingerprint density at radius 2 is 1.82 bits per heavy atom. The zero-order chi connectivity index (χ0) is 20.5. The van der Waals surface area contributed by atoms with Crippen molar-refractivity contribution in [2.24, 2.45) is 52.3 Å². The molecule has 0 aromatic heterocycles. The standard InChI is InChI=1S/C27H46O/c1-7-8-15-26(5)21(18-28)17-22-24-13-12-23(20(4)11-9-10-19(2)3)27(24,6)16-14-25(22)26/h7,18-25H,1,8-17H2,2-6H3/t20-,21+,22+,23-,24+,25+,26+,27-/m1/s1. The van der Waals surface area contributed by atoms with Gasteiger partial charge in [0.25, 0.3) is 0 Å². The molecule has 3 aliphatic carbocycles. The second-order valence-electron chi connectivity index (χ2n) is 11.7. The van der Waals surface area contributed by atoms with Gasteiger partial charge in [0, 0.05) is 5.92 Å². The van der Waals surface area contributed by atoms with Gasteiger partial charge in [-0.05, 0) is 91.3 Å². The fourth-order valence-corrected chi connectivity index (χ4v) is 8.29. The van der Waals surface area contributed by atoms with E-state index in [2.05, 4.69) is 47.3 Å². The van der Waals surface area contributed by atoms with Crippen molar-refractivity contribution in [3.63, 3.8) is 0 Å². The Morgan fingerprint density at radius 3 is 2.46 bits per heavy atom. The van der Waals surface area contributed by atoms with E-state index in [1.54, 1.807) is 0 Å². The van der Waals surface area contributed by atoms with Crippen LogP contribution in [0.4, 0.5) is 0 Å². The van der Waals surface area contributed by atoms with Crippen molar-refractivity contribution in [3.8, 4) is 0 Å². The molecule has 0 N–H and O–H groups in total. The second-order valence-corrected chi connectivity index (χ2v) is 11.7. The SMILES string of the molecule is C=CCC[C@@]1(C)[C@H](C=O)C[C@@H]2[C@@H]1CC[C@]1(C)[C@@H]([C@H](C)CCCC(C)C)CC[C@@H]21. The highest BCUT2D eigenvalue weighted by molar-refractivity contribution is 5.56. The van der Waals surface area contributed by atoms with Crippen LogP contribution in [0.15, 0.2) is 12.7 Å². The molecule has 8 atom stereocenters. The smallest absolute Gasteiger partial charge is 0.123 e. The van der Waals surface area contributed by atoms with E-state index in [1.165, 1.54) is 51.2 Å². The molecule has 3 aliphatic rings. The highest BCUT2D eigenvalue weighted by Crippen LogP contribution is 2.68. The lowest BCUT2D eigenvalue weighted by Crippen LogP contribution is -2.44. The maximum absolute atomic E-state index is 12.0. The van der Waals surface area contributed by atoms with Gasteiger partial charge in [-0.1, -0.05) is 60.0 Å². The first-order chi connectivity index (χ1) is 13.3. The van der Waals surface area contributed by atoms with Gasteiger partial charge in [-0.15, -0.1) is 6.58 Å². The maximum Gasteiger partial charge on any atom is 0.123 e. The maximum atomic E-state index is 12.0. The molecular weight excluding hydrogens is 340 g/mol. The largest absolute Gasteiger partial charge is 0.303 e. The number of aldehydes is 1. The summed E-state index contributed by atoms with van der Waals surface area (Å²) in [5.74, 6) is 5.28. The molecule has 0 aromatic rings. The number of hydrogen-bond donors (Lipinski definition) is 0. The van der Waals surface area contributed by atoms with Crippen molar-refractivity contribution in [2.75, 3.05) is 0 Å². The van der Waals surface area contributed by atoms with Crippen LogP contribution in [0.5, 0.6) is 0 Å². The minimum absolute atomic E-state index is 0.211. The Kier molecular flexibility index (Phi) is 6.83. The van der Waals surface area contributed by atoms with E-state index in [9.17, 15) is 4.79 Å². The lowest BCUT2D eigenvalue weighted by atomic mass is 9.54. The van der Waals surface area contributed by atoms with E-state index in [-0.39, 0.29) is 11.3 Å². The van der Waals surface area contributed by atoms with E-state index in [0.717, 1.165) is 54.8 Å². The molecular formula is C27H46O. The summed E-state index contributed by atoms with van der Waals surface area (Å²) in [6.45, 7) is 16.3. The van der Waals surface area contributed by atoms with Gasteiger partial charge in [-0.3, -0.25) is 0 Å². The van der Waals surface area contributed by atoms with Gasteiger partial charge in [0.05, 0.1) is 0 Å². The molecule has 3 rings (SSSR count). The molecule has 0 spiro atoms. The van der Waals surface area contributed by atoms with Gasteiger partial charge in [0.15, 0.2) is 0 Å². The molecule has 0 aliphatic heterocycles. The van der Waals surface area contributed by atoms with Gasteiger partial charge >= 0.3 is 0 Å². The predicted octanol–water partition coefficient (Wildman–Crippen LogP) is 7.70. The van der Waals surface area contributed by atoms with Crippen LogP contribution in [0.1, 0.15) is 98.8 Å². The third-order valence-electron chi connectivity index (χ3n) is 9.91. The Hall–Kier alpha value is -0.590. The van der Waals surface area contributed by atoms with Crippen LogP contribution in [0.2, 0.25) is 0 Å². The summed E-state index contributed by atoms with van der Waals surface area (Å²) < 4.78 is 0. The Bertz CT molecular complexity index is 550. The number of fused-ring (bicyclic) bond motifs is 3. The lowest BCUT2D eigenvalue weighted by molar-refractivity contribution is -0.114. The average Bonchev–Trinajstić information content (AvgIpc) is 3.14. The first kappa shape index (κ1) is 22.1. The third kappa shape index (κ3) is 3.77. The van der Waals surface area contributed by atoms with Crippen molar-refractivity contribution in [3.05, 3.63) is 12.7 Å². The summed E-state index contributed by atoms with van der Waals surface area (Å²) in [6.07, 6.45) is 16.5. The van der Waals surface area contributed by atoms with E-state index in [1.807, 2.05) is 0 Å². The monoisotopic (exact) mass is 386 g/mol. The van der Waals surface area contributed by atoms with Crippen LogP contribution >= 0.6 is 0 Å². The molecule has 3 saturated carbocycles. The molecule has 0 heterocycles. The molecule has 3 fully saturated rings. The number of carbonyl (C=O) groups excluding carboxylic acids is 1. The first-order valence-electron chi connectivity index (χ1n) is 12.3. The van der Waals surface area contributed by atoms with Gasteiger partial charge in [0.1, 0.15) is 6.29 Å². The van der Waals surface area contributed by atoms with E-state index in [4.69, 9.17) is 0 Å². The Morgan fingerprint density at radius 1 is 1.07 bits per heavy atom. The molecule has 0 bridgehead atoms. The van der Waals surface area contributed by atoms with E-state index >= 15 is 0 Å². The van der Waals surface area contributed by atoms with Crippen molar-refractivity contribution < 1.29 is 4.79 Å². The predicted molar refractivity (Wildman–Crippen MR) is 120 cm³/mol. The number of rotatable bonds is 9. The van der Waals surface area contributed by atoms with Crippen LogP contribution in [0.3, 0.4) is 0 Å². The zero-order valence-corrected chi connectivity index (χ0v) is 19.4. The van der Waals surface area contributed by atoms with Gasteiger partial charge < -0.3 is 4.79 Å². The van der Waals surface area contributed by atoms with Crippen LogP contribution in [0.25, 0.3) is 0 Å². The van der Waals surface area contributed by atoms with Crippen LogP contribution in [-0.4, -0.2) is 6.29 Å². The lowest BCUT2D eigenvalue weighted by Gasteiger charge is -2.51. The fourth-order valence-electron chi connectivity index (χ4n) is 8.29. The highest BCUT2D eigenvalue weighted by atomic mass is 16.1. The molecule has 0 aromatic carbocycles.